The van der Waals surface area contributed by atoms with Crippen molar-refractivity contribution in [2.24, 2.45) is 0 Å². The standard InChI is InChI=1S/C56H58O14/c57-23-39-5-40(24-58)12-51(11-39)67-33-47-9-48(34-68-52-13-41(25-59)6-42(14-52)26-60)20-55(19-47)65-31-37-2-1-3-38(4-37)32-66-56-21-49(35-69-53-15-43(27-61)7-44(16-53)28-62)10-50(22-56)36-70-54-17-45(29-63)8-46(18-54)30-64/h1-22,57-64H,23-36H2. The molecule has 0 spiro atoms. The van der Waals surface area contributed by atoms with Gasteiger partial charge in [0.1, 0.15) is 74.1 Å². The Morgan fingerprint density at radius 1 is 0.200 bits per heavy atom. The molecule has 0 saturated heterocycles. The first-order valence-corrected chi connectivity index (χ1v) is 22.7. The van der Waals surface area contributed by atoms with Gasteiger partial charge in [0.05, 0.1) is 52.9 Å². The van der Waals surface area contributed by atoms with E-state index in [0.29, 0.717) is 79.0 Å². The molecular formula is C56H58O14. The molecule has 0 radical (unpaired) electrons. The van der Waals surface area contributed by atoms with Crippen molar-refractivity contribution in [1.82, 2.24) is 0 Å². The van der Waals surface area contributed by atoms with Gasteiger partial charge in [-0.25, -0.2) is 0 Å². The van der Waals surface area contributed by atoms with E-state index in [1.54, 1.807) is 72.8 Å². The predicted octanol–water partition coefficient (Wildman–Crippen LogP) is 7.10. The maximum absolute atomic E-state index is 9.75. The molecule has 0 aliphatic heterocycles. The lowest BCUT2D eigenvalue weighted by Gasteiger charge is -2.15. The third kappa shape index (κ3) is 15.0. The highest BCUT2D eigenvalue weighted by Gasteiger charge is 2.12. The fourth-order valence-corrected chi connectivity index (χ4v) is 7.74. The topological polar surface area (TPSA) is 217 Å². The summed E-state index contributed by atoms with van der Waals surface area (Å²) in [6, 6.07) is 39.8. The smallest absolute Gasteiger partial charge is 0.120 e. The molecule has 14 nitrogen and oxygen atoms in total. The van der Waals surface area contributed by atoms with Gasteiger partial charge in [-0.05, 0) is 169 Å². The third-order valence-corrected chi connectivity index (χ3v) is 11.0. The summed E-state index contributed by atoms with van der Waals surface area (Å²) in [5.74, 6) is 3.08. The number of hydrogen-bond acceptors (Lipinski definition) is 14. The highest BCUT2D eigenvalue weighted by Crippen LogP contribution is 2.28. The van der Waals surface area contributed by atoms with Crippen molar-refractivity contribution in [3.63, 3.8) is 0 Å². The number of aliphatic hydroxyl groups is 8. The number of rotatable bonds is 26. The first-order valence-electron chi connectivity index (χ1n) is 22.7. The van der Waals surface area contributed by atoms with Crippen LogP contribution in [0.2, 0.25) is 0 Å². The molecule has 70 heavy (non-hydrogen) atoms. The average Bonchev–Trinajstić information content (AvgIpc) is 3.41. The van der Waals surface area contributed by atoms with Crippen LogP contribution in [-0.4, -0.2) is 40.9 Å². The molecule has 0 heterocycles. The second-order valence-corrected chi connectivity index (χ2v) is 16.7. The molecule has 8 N–H and O–H groups in total. The van der Waals surface area contributed by atoms with Gasteiger partial charge in [0.2, 0.25) is 0 Å². The Labute approximate surface area is 406 Å². The summed E-state index contributed by atoms with van der Waals surface area (Å²) in [5.41, 5.74) is 9.77. The Bertz CT molecular complexity index is 2380. The van der Waals surface area contributed by atoms with Gasteiger partial charge < -0.3 is 69.3 Å². The van der Waals surface area contributed by atoms with E-state index < -0.39 is 0 Å². The molecule has 0 fully saturated rings. The predicted molar refractivity (Wildman–Crippen MR) is 258 cm³/mol. The molecular weight excluding hydrogens is 897 g/mol. The van der Waals surface area contributed by atoms with Crippen molar-refractivity contribution >= 4 is 0 Å². The fourth-order valence-electron chi connectivity index (χ4n) is 7.74. The molecule has 0 aliphatic carbocycles. The Morgan fingerprint density at radius 2 is 0.357 bits per heavy atom. The zero-order valence-corrected chi connectivity index (χ0v) is 38.6. The first-order chi connectivity index (χ1) is 34.2. The van der Waals surface area contributed by atoms with Crippen LogP contribution in [0, 0.1) is 0 Å². The lowest BCUT2D eigenvalue weighted by molar-refractivity contribution is 0.267. The molecule has 14 heteroatoms. The Hall–Kier alpha value is -6.98. The summed E-state index contributed by atoms with van der Waals surface area (Å²) in [6.45, 7) is -0.602. The highest BCUT2D eigenvalue weighted by molar-refractivity contribution is 5.41. The minimum Gasteiger partial charge on any atom is -0.489 e. The molecule has 0 bridgehead atoms. The lowest BCUT2D eigenvalue weighted by atomic mass is 10.1. The summed E-state index contributed by atoms with van der Waals surface area (Å²) in [4.78, 5) is 0. The Kier molecular flexibility index (Phi) is 18.6. The molecule has 0 saturated carbocycles. The number of ether oxygens (including phenoxy) is 6. The molecule has 7 rings (SSSR count). The van der Waals surface area contributed by atoms with Gasteiger partial charge in [0.25, 0.3) is 0 Å². The van der Waals surface area contributed by atoms with E-state index in [9.17, 15) is 40.9 Å². The van der Waals surface area contributed by atoms with E-state index in [1.165, 1.54) is 0 Å². The molecule has 7 aromatic carbocycles. The van der Waals surface area contributed by atoms with E-state index in [-0.39, 0.29) is 92.5 Å². The van der Waals surface area contributed by atoms with Gasteiger partial charge in [0.15, 0.2) is 0 Å². The normalized spacial score (nSPS) is 11.1. The maximum atomic E-state index is 9.75. The minimum atomic E-state index is -0.204. The van der Waals surface area contributed by atoms with Crippen molar-refractivity contribution in [1.29, 1.82) is 0 Å². The van der Waals surface area contributed by atoms with Crippen molar-refractivity contribution in [2.75, 3.05) is 0 Å². The summed E-state index contributed by atoms with van der Waals surface area (Å²) >= 11 is 0. The molecule has 0 atom stereocenters. The summed E-state index contributed by atoms with van der Waals surface area (Å²) in [5, 5.41) is 78.0. The quantitative estimate of drug-likeness (QED) is 0.0272. The van der Waals surface area contributed by atoms with Crippen LogP contribution in [0.1, 0.15) is 77.9 Å². The van der Waals surface area contributed by atoms with E-state index in [4.69, 9.17) is 28.4 Å². The number of hydrogen-bond donors (Lipinski definition) is 8. The van der Waals surface area contributed by atoms with Gasteiger partial charge in [-0.15, -0.1) is 0 Å². The lowest BCUT2D eigenvalue weighted by Crippen LogP contribution is -2.04. The van der Waals surface area contributed by atoms with E-state index in [1.807, 2.05) is 60.7 Å². The van der Waals surface area contributed by atoms with Crippen LogP contribution in [0.25, 0.3) is 0 Å². The third-order valence-electron chi connectivity index (χ3n) is 11.0. The monoisotopic (exact) mass is 954 g/mol. The van der Waals surface area contributed by atoms with Gasteiger partial charge in [-0.3, -0.25) is 0 Å². The second kappa shape index (κ2) is 25.6. The van der Waals surface area contributed by atoms with Crippen LogP contribution < -0.4 is 28.4 Å². The molecule has 0 aromatic heterocycles. The largest absolute Gasteiger partial charge is 0.489 e. The van der Waals surface area contributed by atoms with Crippen LogP contribution in [0.5, 0.6) is 34.5 Å². The molecule has 0 amide bonds. The van der Waals surface area contributed by atoms with Crippen molar-refractivity contribution in [3.05, 3.63) is 211 Å². The van der Waals surface area contributed by atoms with Gasteiger partial charge in [0, 0.05) is 0 Å². The molecule has 0 aliphatic rings. The van der Waals surface area contributed by atoms with Crippen LogP contribution in [0.15, 0.2) is 133 Å². The highest BCUT2D eigenvalue weighted by atomic mass is 16.5. The van der Waals surface area contributed by atoms with E-state index in [2.05, 4.69) is 0 Å². The summed E-state index contributed by atoms with van der Waals surface area (Å²) in [6.07, 6.45) is 0. The molecule has 0 unspecified atom stereocenters. The average molecular weight is 955 g/mol. The van der Waals surface area contributed by atoms with Gasteiger partial charge in [-0.2, -0.15) is 0 Å². The van der Waals surface area contributed by atoms with Crippen molar-refractivity contribution in [2.45, 2.75) is 92.5 Å². The van der Waals surface area contributed by atoms with Crippen LogP contribution in [0.4, 0.5) is 0 Å². The first kappa shape index (κ1) is 50.9. The maximum Gasteiger partial charge on any atom is 0.120 e. The minimum absolute atomic E-state index is 0.148. The SMILES string of the molecule is OCc1cc(CO)cc(OCc2cc(COc3cc(CO)cc(CO)c3)cc(OCc3cccc(COc4cc(COc5cc(CO)cc(CO)c5)cc(COc5cc(CO)cc(CO)c5)c4)c3)c2)c1. The second-order valence-electron chi connectivity index (χ2n) is 16.7. The van der Waals surface area contributed by atoms with Gasteiger partial charge in [-0.1, -0.05) is 42.5 Å². The molecule has 7 aromatic rings. The van der Waals surface area contributed by atoms with Crippen LogP contribution >= 0.6 is 0 Å². The Morgan fingerprint density at radius 3 is 0.557 bits per heavy atom. The van der Waals surface area contributed by atoms with Crippen LogP contribution in [-0.2, 0) is 92.5 Å². The zero-order chi connectivity index (χ0) is 49.2. The van der Waals surface area contributed by atoms with E-state index in [0.717, 1.165) is 33.4 Å². The fraction of sp³-hybridized carbons (Fsp3) is 0.250. The summed E-state index contributed by atoms with van der Waals surface area (Å²) < 4.78 is 37.3. The zero-order valence-electron chi connectivity index (χ0n) is 38.6. The summed E-state index contributed by atoms with van der Waals surface area (Å²) in [7, 11) is 0. The number of benzene rings is 7. The van der Waals surface area contributed by atoms with Crippen molar-refractivity contribution in [3.8, 4) is 34.5 Å². The number of aliphatic hydroxyl groups excluding tert-OH is 8. The van der Waals surface area contributed by atoms with Gasteiger partial charge >= 0.3 is 0 Å². The molecule has 366 valence electrons. The van der Waals surface area contributed by atoms with E-state index >= 15 is 0 Å². The van der Waals surface area contributed by atoms with Crippen LogP contribution in [0.3, 0.4) is 0 Å². The Balaban J connectivity index is 1.07. The van der Waals surface area contributed by atoms with Crippen molar-refractivity contribution < 1.29 is 69.3 Å².